The number of nitrogens with two attached hydrogens (primary N) is 1. The van der Waals surface area contributed by atoms with Crippen LogP contribution in [-0.2, 0) is 10.2 Å². The van der Waals surface area contributed by atoms with E-state index in [4.69, 9.17) is 5.73 Å². The second kappa shape index (κ2) is 10.6. The molecule has 4 rings (SSSR count). The van der Waals surface area contributed by atoms with Crippen LogP contribution >= 0.6 is 11.3 Å². The highest BCUT2D eigenvalue weighted by molar-refractivity contribution is 7.14. The number of nitrogens with one attached hydrogen (secondary N) is 2. The van der Waals surface area contributed by atoms with Crippen molar-refractivity contribution in [3.05, 3.63) is 89.6 Å². The number of nitrogens with zero attached hydrogens (tertiary/aromatic N) is 2. The van der Waals surface area contributed by atoms with Crippen LogP contribution in [-0.4, -0.2) is 34.9 Å². The van der Waals surface area contributed by atoms with E-state index in [-0.39, 0.29) is 23.8 Å². The lowest BCUT2D eigenvalue weighted by atomic mass is 9.84. The number of hydrogen-bond acceptors (Lipinski definition) is 6. The predicted octanol–water partition coefficient (Wildman–Crippen LogP) is 4.48. The Hall–Kier alpha value is -3.88. The number of amides is 2. The maximum Gasteiger partial charge on any atom is 0.251 e. The Morgan fingerprint density at radius 1 is 0.971 bits per heavy atom. The highest BCUT2D eigenvalue weighted by Crippen LogP contribution is 2.28. The Kier molecular flexibility index (Phi) is 7.33. The zero-order valence-corrected chi connectivity index (χ0v) is 20.4. The van der Waals surface area contributed by atoms with Crippen LogP contribution in [0, 0.1) is 0 Å². The number of pyridine rings is 1. The van der Waals surface area contributed by atoms with E-state index < -0.39 is 0 Å². The smallest absolute Gasteiger partial charge is 0.251 e. The lowest BCUT2D eigenvalue weighted by Crippen LogP contribution is -2.33. The number of anilines is 1. The topological polar surface area (TPSA) is 110 Å². The van der Waals surface area contributed by atoms with Crippen LogP contribution in [0.25, 0.3) is 22.4 Å². The lowest BCUT2D eigenvalue weighted by molar-refractivity contribution is -0.115. The number of benzene rings is 2. The number of aromatic nitrogens is 2. The summed E-state index contributed by atoms with van der Waals surface area (Å²) in [5.41, 5.74) is 10.9. The molecule has 0 unspecified atom stereocenters. The van der Waals surface area contributed by atoms with Crippen molar-refractivity contribution in [1.82, 2.24) is 15.3 Å². The van der Waals surface area contributed by atoms with Gasteiger partial charge in [0.25, 0.3) is 5.91 Å². The maximum absolute atomic E-state index is 12.6. The minimum atomic E-state index is -0.344. The minimum Gasteiger partial charge on any atom is -0.343 e. The van der Waals surface area contributed by atoms with Crippen molar-refractivity contribution in [3.63, 3.8) is 0 Å². The highest BCUT2D eigenvalue weighted by Gasteiger charge is 2.20. The van der Waals surface area contributed by atoms with E-state index in [0.29, 0.717) is 17.2 Å². The van der Waals surface area contributed by atoms with Gasteiger partial charge in [-0.05, 0) is 47.0 Å². The molecule has 0 aliphatic rings. The average molecular weight is 486 g/mol. The van der Waals surface area contributed by atoms with E-state index in [1.54, 1.807) is 18.5 Å². The van der Waals surface area contributed by atoms with Gasteiger partial charge in [-0.15, -0.1) is 11.3 Å². The van der Waals surface area contributed by atoms with E-state index in [2.05, 4.69) is 26.7 Å². The molecule has 0 spiro atoms. The molecule has 0 atom stereocenters. The van der Waals surface area contributed by atoms with Crippen molar-refractivity contribution < 1.29 is 9.59 Å². The summed E-state index contributed by atoms with van der Waals surface area (Å²) in [6.07, 6.45) is 3.52. The molecule has 2 aromatic carbocycles. The summed E-state index contributed by atoms with van der Waals surface area (Å²) in [5.74, 6) is -0.661. The molecule has 2 heterocycles. The second-order valence-corrected chi connectivity index (χ2v) is 9.61. The fraction of sp³-hybridized carbons (Fsp3) is 0.185. The standard InChI is InChI=1S/C27H27N5O2S/c1-27(2,17-28)22-8-4-7-21(14-22)25(34)30-15-24(33)32-26-31-23(16-35-26)20-6-3-5-19(13-20)18-9-11-29-12-10-18/h3-14,16H,15,17,28H2,1-2H3,(H,30,34)(H,31,32,33). The van der Waals surface area contributed by atoms with Crippen LogP contribution in [0.5, 0.6) is 0 Å². The maximum atomic E-state index is 12.6. The first kappa shape index (κ1) is 24.3. The van der Waals surface area contributed by atoms with Crippen LogP contribution < -0.4 is 16.4 Å². The van der Waals surface area contributed by atoms with E-state index in [1.165, 1.54) is 11.3 Å². The third-order valence-corrected chi connectivity index (χ3v) is 6.51. The Labute approximate surface area is 208 Å². The summed E-state index contributed by atoms with van der Waals surface area (Å²) in [7, 11) is 0. The fourth-order valence-electron chi connectivity index (χ4n) is 3.49. The molecule has 2 amide bonds. The number of hydrogen-bond donors (Lipinski definition) is 3. The van der Waals surface area contributed by atoms with Crippen molar-refractivity contribution in [3.8, 4) is 22.4 Å². The third-order valence-electron chi connectivity index (χ3n) is 5.75. The molecular weight excluding hydrogens is 458 g/mol. The van der Waals surface area contributed by atoms with E-state index in [1.807, 2.05) is 67.8 Å². The zero-order valence-electron chi connectivity index (χ0n) is 19.6. The van der Waals surface area contributed by atoms with Gasteiger partial charge in [-0.2, -0.15) is 0 Å². The normalized spacial score (nSPS) is 11.2. The molecule has 35 heavy (non-hydrogen) atoms. The molecule has 0 saturated heterocycles. The quantitative estimate of drug-likeness (QED) is 0.341. The van der Waals surface area contributed by atoms with Crippen molar-refractivity contribution in [2.24, 2.45) is 5.73 Å². The number of thiazole rings is 1. The van der Waals surface area contributed by atoms with Crippen molar-refractivity contribution >= 4 is 28.3 Å². The second-order valence-electron chi connectivity index (χ2n) is 8.75. The largest absolute Gasteiger partial charge is 0.343 e. The van der Waals surface area contributed by atoms with Gasteiger partial charge in [0, 0.05) is 40.9 Å². The third kappa shape index (κ3) is 5.98. The van der Waals surface area contributed by atoms with Gasteiger partial charge in [-0.3, -0.25) is 14.6 Å². The first-order valence-corrected chi connectivity index (χ1v) is 12.1. The number of carbonyl (C=O) groups excluding carboxylic acids is 2. The first-order chi connectivity index (χ1) is 16.9. The van der Waals surface area contributed by atoms with Gasteiger partial charge in [0.05, 0.1) is 12.2 Å². The number of carbonyl (C=O) groups is 2. The molecule has 0 bridgehead atoms. The van der Waals surface area contributed by atoms with Crippen molar-refractivity contribution in [2.75, 3.05) is 18.4 Å². The Balaban J connectivity index is 1.36. The molecule has 4 aromatic rings. The zero-order chi connectivity index (χ0) is 24.8. The molecule has 0 aliphatic heterocycles. The monoisotopic (exact) mass is 485 g/mol. The summed E-state index contributed by atoms with van der Waals surface area (Å²) in [6.45, 7) is 4.35. The van der Waals surface area contributed by atoms with Crippen LogP contribution in [0.15, 0.2) is 78.4 Å². The molecule has 178 valence electrons. The van der Waals surface area contributed by atoms with Crippen LogP contribution in [0.4, 0.5) is 5.13 Å². The molecule has 8 heteroatoms. The summed E-state index contributed by atoms with van der Waals surface area (Å²) < 4.78 is 0. The molecule has 0 fully saturated rings. The van der Waals surface area contributed by atoms with Gasteiger partial charge in [-0.25, -0.2) is 4.98 Å². The van der Waals surface area contributed by atoms with Gasteiger partial charge >= 0.3 is 0 Å². The van der Waals surface area contributed by atoms with E-state index in [9.17, 15) is 9.59 Å². The highest BCUT2D eigenvalue weighted by atomic mass is 32.1. The van der Waals surface area contributed by atoms with Crippen LogP contribution in [0.3, 0.4) is 0 Å². The molecule has 0 saturated carbocycles. The van der Waals surface area contributed by atoms with Gasteiger partial charge in [0.15, 0.2) is 5.13 Å². The summed E-state index contributed by atoms with van der Waals surface area (Å²) in [6, 6.07) is 19.2. The molecule has 2 aromatic heterocycles. The van der Waals surface area contributed by atoms with Crippen LogP contribution in [0.2, 0.25) is 0 Å². The average Bonchev–Trinajstić information content (AvgIpc) is 3.36. The summed E-state index contributed by atoms with van der Waals surface area (Å²) >= 11 is 1.33. The SMILES string of the molecule is CC(C)(CN)c1cccc(C(=O)NCC(=O)Nc2nc(-c3cccc(-c4ccncc4)c3)cs2)c1. The number of rotatable bonds is 8. The summed E-state index contributed by atoms with van der Waals surface area (Å²) in [5, 5.41) is 7.79. The minimum absolute atomic E-state index is 0.157. The Bertz CT molecular complexity index is 1330. The molecule has 7 nitrogen and oxygen atoms in total. The fourth-order valence-corrected chi connectivity index (χ4v) is 4.23. The molecule has 4 N–H and O–H groups in total. The lowest BCUT2D eigenvalue weighted by Gasteiger charge is -2.23. The van der Waals surface area contributed by atoms with Crippen LogP contribution in [0.1, 0.15) is 29.8 Å². The van der Waals surface area contributed by atoms with Gasteiger partial charge < -0.3 is 16.4 Å². The van der Waals surface area contributed by atoms with Crippen molar-refractivity contribution in [2.45, 2.75) is 19.3 Å². The molecule has 0 aliphatic carbocycles. The van der Waals surface area contributed by atoms with E-state index >= 15 is 0 Å². The Morgan fingerprint density at radius 2 is 1.71 bits per heavy atom. The predicted molar refractivity (Wildman–Crippen MR) is 140 cm³/mol. The summed E-state index contributed by atoms with van der Waals surface area (Å²) in [4.78, 5) is 33.6. The van der Waals surface area contributed by atoms with Gasteiger partial charge in [-0.1, -0.05) is 44.2 Å². The van der Waals surface area contributed by atoms with Gasteiger partial charge in [0.2, 0.25) is 5.91 Å². The van der Waals surface area contributed by atoms with Gasteiger partial charge in [0.1, 0.15) is 0 Å². The van der Waals surface area contributed by atoms with E-state index in [0.717, 1.165) is 27.9 Å². The Morgan fingerprint density at radius 3 is 2.49 bits per heavy atom. The molecular formula is C27H27N5O2S. The first-order valence-electron chi connectivity index (χ1n) is 11.2. The van der Waals surface area contributed by atoms with Crippen molar-refractivity contribution in [1.29, 1.82) is 0 Å². The molecule has 0 radical (unpaired) electrons.